The Morgan fingerprint density at radius 2 is 1.40 bits per heavy atom. The summed E-state index contributed by atoms with van der Waals surface area (Å²) < 4.78 is 37.0. The van der Waals surface area contributed by atoms with Crippen molar-refractivity contribution in [2.45, 2.75) is 19.1 Å². The summed E-state index contributed by atoms with van der Waals surface area (Å²) in [6.07, 6.45) is -2.29. The lowest BCUT2D eigenvalue weighted by Gasteiger charge is -2.21. The zero-order chi connectivity index (χ0) is 21.5. The van der Waals surface area contributed by atoms with Crippen LogP contribution in [-0.2, 0) is 14.3 Å². The number of hydrogen-bond donors (Lipinski definition) is 1. The number of hydrogen-bond acceptors (Lipinski definition) is 4. The van der Waals surface area contributed by atoms with Crippen molar-refractivity contribution in [2.24, 2.45) is 0 Å². The Kier molecular flexibility index (Phi) is 6.75. The van der Waals surface area contributed by atoms with Crippen molar-refractivity contribution in [1.82, 2.24) is 0 Å². The monoisotopic (exact) mass is 411 g/mol. The van der Waals surface area contributed by atoms with E-state index in [2.05, 4.69) is 5.32 Å². The normalized spacial score (nSPS) is 12.5. The highest BCUT2D eigenvalue weighted by molar-refractivity contribution is 5.96. The molecule has 0 fully saturated rings. The molecule has 0 unspecified atom stereocenters. The lowest BCUT2D eigenvalue weighted by molar-refractivity contribution is -0.161. The average Bonchev–Trinajstić information content (AvgIpc) is 2.75. The first-order valence-corrected chi connectivity index (χ1v) is 9.16. The molecule has 0 aliphatic carbocycles. The Bertz CT molecular complexity index is 992. The summed E-state index contributed by atoms with van der Waals surface area (Å²) >= 11 is 0. The molecule has 1 N–H and O–H groups in total. The largest absolute Gasteiger partial charge is 0.479 e. The smallest absolute Gasteiger partial charge is 0.348 e. The van der Waals surface area contributed by atoms with Crippen LogP contribution in [0.15, 0.2) is 78.9 Å². The maximum absolute atomic E-state index is 13.1. The molecule has 3 aromatic rings. The maximum Gasteiger partial charge on any atom is 0.348 e. The van der Waals surface area contributed by atoms with Gasteiger partial charge >= 0.3 is 5.97 Å². The quantitative estimate of drug-likeness (QED) is 0.575. The third kappa shape index (κ3) is 5.64. The zero-order valence-electron chi connectivity index (χ0n) is 16.0. The molecule has 1 amide bonds. The van der Waals surface area contributed by atoms with E-state index in [1.54, 1.807) is 30.3 Å². The lowest BCUT2D eigenvalue weighted by Crippen LogP contribution is -2.32. The first kappa shape index (κ1) is 21.0. The van der Waals surface area contributed by atoms with Gasteiger partial charge in [0.15, 0.2) is 6.10 Å². The van der Waals surface area contributed by atoms with Gasteiger partial charge in [-0.2, -0.15) is 0 Å². The van der Waals surface area contributed by atoms with Gasteiger partial charge in [-0.15, -0.1) is 0 Å². The van der Waals surface area contributed by atoms with Gasteiger partial charge in [0.05, 0.1) is 0 Å². The predicted molar refractivity (Wildman–Crippen MR) is 107 cm³/mol. The predicted octanol–water partition coefficient (Wildman–Crippen LogP) is 4.66. The first-order chi connectivity index (χ1) is 14.4. The molecule has 0 saturated heterocycles. The minimum Gasteiger partial charge on any atom is -0.479 e. The minimum atomic E-state index is -1.25. The molecule has 0 radical (unpaired) electrons. The summed E-state index contributed by atoms with van der Waals surface area (Å²) in [4.78, 5) is 25.3. The SMILES string of the molecule is C[C@@H](Oc1ccc(F)cc1)C(=O)O[C@@H](C(=O)Nc1ccc(F)cc1)c1ccccc1. The van der Waals surface area contributed by atoms with Gasteiger partial charge in [-0.25, -0.2) is 13.6 Å². The van der Waals surface area contributed by atoms with Crippen LogP contribution in [0.4, 0.5) is 14.5 Å². The van der Waals surface area contributed by atoms with Gasteiger partial charge < -0.3 is 14.8 Å². The van der Waals surface area contributed by atoms with Gasteiger partial charge in [0.25, 0.3) is 5.91 Å². The second kappa shape index (κ2) is 9.65. The van der Waals surface area contributed by atoms with Crippen LogP contribution in [-0.4, -0.2) is 18.0 Å². The molecule has 0 aliphatic rings. The van der Waals surface area contributed by atoms with E-state index in [0.717, 1.165) is 0 Å². The van der Waals surface area contributed by atoms with Gasteiger partial charge in [-0.3, -0.25) is 4.79 Å². The van der Waals surface area contributed by atoms with Crippen LogP contribution in [0.25, 0.3) is 0 Å². The summed E-state index contributed by atoms with van der Waals surface area (Å²) in [6, 6.07) is 18.9. The minimum absolute atomic E-state index is 0.285. The van der Waals surface area contributed by atoms with Gasteiger partial charge in [0.1, 0.15) is 17.4 Å². The van der Waals surface area contributed by atoms with E-state index in [-0.39, 0.29) is 5.75 Å². The fraction of sp³-hybridized carbons (Fsp3) is 0.130. The Morgan fingerprint density at radius 1 is 0.833 bits per heavy atom. The Hall–Kier alpha value is -3.74. The highest BCUT2D eigenvalue weighted by Crippen LogP contribution is 2.22. The molecule has 0 aromatic heterocycles. The third-order valence-electron chi connectivity index (χ3n) is 4.14. The van der Waals surface area contributed by atoms with E-state index < -0.39 is 35.7 Å². The fourth-order valence-corrected chi connectivity index (χ4v) is 2.62. The standard InChI is InChI=1S/C23H19F2NO4/c1-15(29-20-13-9-18(25)10-14-20)23(28)30-21(16-5-3-2-4-6-16)22(27)26-19-11-7-17(24)8-12-19/h2-15,21H,1H3,(H,26,27)/t15-,21-/m1/s1. The Morgan fingerprint density at radius 3 is 2.00 bits per heavy atom. The number of halogens is 2. The molecule has 30 heavy (non-hydrogen) atoms. The van der Waals surface area contributed by atoms with Crippen molar-refractivity contribution in [3.8, 4) is 5.75 Å². The van der Waals surface area contributed by atoms with Gasteiger partial charge in [0.2, 0.25) is 6.10 Å². The van der Waals surface area contributed by atoms with Crippen molar-refractivity contribution in [3.05, 3.63) is 96.1 Å². The zero-order valence-corrected chi connectivity index (χ0v) is 16.0. The van der Waals surface area contributed by atoms with E-state index in [9.17, 15) is 18.4 Å². The van der Waals surface area contributed by atoms with Crippen LogP contribution in [0, 0.1) is 11.6 Å². The van der Waals surface area contributed by atoms with Gasteiger partial charge in [-0.05, 0) is 55.5 Å². The molecule has 3 rings (SSSR count). The molecule has 7 heteroatoms. The molecule has 0 saturated carbocycles. The number of carbonyl (C=O) groups is 2. The van der Waals surface area contributed by atoms with Crippen molar-refractivity contribution in [2.75, 3.05) is 5.32 Å². The highest BCUT2D eigenvalue weighted by Gasteiger charge is 2.28. The fourth-order valence-electron chi connectivity index (χ4n) is 2.62. The second-order valence-electron chi connectivity index (χ2n) is 6.44. The van der Waals surface area contributed by atoms with Crippen LogP contribution in [0.2, 0.25) is 0 Å². The molecule has 154 valence electrons. The third-order valence-corrected chi connectivity index (χ3v) is 4.14. The number of nitrogens with one attached hydrogen (secondary N) is 1. The molecule has 0 heterocycles. The summed E-state index contributed by atoms with van der Waals surface area (Å²) in [7, 11) is 0. The summed E-state index contributed by atoms with van der Waals surface area (Å²) in [5.41, 5.74) is 0.813. The molecule has 0 spiro atoms. The van der Waals surface area contributed by atoms with Crippen molar-refractivity contribution >= 4 is 17.6 Å². The molecule has 2 atom stereocenters. The van der Waals surface area contributed by atoms with Crippen LogP contribution >= 0.6 is 0 Å². The second-order valence-corrected chi connectivity index (χ2v) is 6.44. The van der Waals surface area contributed by atoms with Crippen LogP contribution in [0.5, 0.6) is 5.75 Å². The van der Waals surface area contributed by atoms with Crippen molar-refractivity contribution in [1.29, 1.82) is 0 Å². The molecular formula is C23H19F2NO4. The number of benzene rings is 3. The van der Waals surface area contributed by atoms with E-state index >= 15 is 0 Å². The highest BCUT2D eigenvalue weighted by atomic mass is 19.1. The first-order valence-electron chi connectivity index (χ1n) is 9.16. The van der Waals surface area contributed by atoms with E-state index in [1.165, 1.54) is 55.5 Å². The topological polar surface area (TPSA) is 64.6 Å². The number of anilines is 1. The molecular weight excluding hydrogens is 392 g/mol. The van der Waals surface area contributed by atoms with Gasteiger partial charge in [0, 0.05) is 11.3 Å². The Balaban J connectivity index is 1.73. The summed E-state index contributed by atoms with van der Waals surface area (Å²) in [6.45, 7) is 1.46. The van der Waals surface area contributed by atoms with Crippen molar-refractivity contribution < 1.29 is 27.8 Å². The Labute approximate surface area is 172 Å². The van der Waals surface area contributed by atoms with Gasteiger partial charge in [-0.1, -0.05) is 30.3 Å². The number of carbonyl (C=O) groups excluding carboxylic acids is 2. The van der Waals surface area contributed by atoms with Crippen LogP contribution in [0.1, 0.15) is 18.6 Å². The number of rotatable bonds is 7. The summed E-state index contributed by atoms with van der Waals surface area (Å²) in [5.74, 6) is -1.96. The van der Waals surface area contributed by atoms with Crippen molar-refractivity contribution in [3.63, 3.8) is 0 Å². The van der Waals surface area contributed by atoms with E-state index in [4.69, 9.17) is 9.47 Å². The van der Waals surface area contributed by atoms with E-state index in [1.807, 2.05) is 0 Å². The molecule has 0 bridgehead atoms. The molecule has 3 aromatic carbocycles. The molecule has 5 nitrogen and oxygen atoms in total. The average molecular weight is 411 g/mol. The lowest BCUT2D eigenvalue weighted by atomic mass is 10.1. The summed E-state index contributed by atoms with van der Waals surface area (Å²) in [5, 5.41) is 2.60. The van der Waals surface area contributed by atoms with E-state index in [0.29, 0.717) is 11.3 Å². The van der Waals surface area contributed by atoms with Crippen LogP contribution in [0.3, 0.4) is 0 Å². The number of amides is 1. The number of ether oxygens (including phenoxy) is 2. The maximum atomic E-state index is 13.1. The number of esters is 1. The van der Waals surface area contributed by atoms with Crippen LogP contribution < -0.4 is 10.1 Å². The molecule has 0 aliphatic heterocycles.